The van der Waals surface area contributed by atoms with Crippen LogP contribution in [0.15, 0.2) is 47.4 Å². The molecule has 0 fully saturated rings. The standard InChI is InChI=1S/C29H31ClF4N4O4S/c1-15-20(11-12-21(31)36-15)42-24-18(14-19(30)22(29(32,33)34)23(24)27(2,3)4)25(39)37-16-9-8-10-17(13-16)43(41)38(7)26(40)28(5,6)35/h8-14H,35H2,1-7H3,(H,37,39)/t43-/m1/s1. The highest BCUT2D eigenvalue weighted by molar-refractivity contribution is 7.89. The van der Waals surface area contributed by atoms with Crippen molar-refractivity contribution in [3.8, 4) is 11.5 Å². The van der Waals surface area contributed by atoms with Gasteiger partial charge in [-0.3, -0.25) is 9.59 Å². The van der Waals surface area contributed by atoms with Crippen LogP contribution < -0.4 is 15.8 Å². The number of alkyl halides is 3. The number of halogens is 5. The molecule has 0 aliphatic carbocycles. The van der Waals surface area contributed by atoms with Crippen LogP contribution in [-0.2, 0) is 27.7 Å². The Balaban J connectivity index is 2.15. The van der Waals surface area contributed by atoms with E-state index in [9.17, 15) is 31.7 Å². The van der Waals surface area contributed by atoms with Crippen molar-refractivity contribution in [1.29, 1.82) is 0 Å². The molecule has 14 heteroatoms. The number of nitrogens with one attached hydrogen (secondary N) is 1. The first kappa shape index (κ1) is 34.1. The van der Waals surface area contributed by atoms with Crippen molar-refractivity contribution in [2.24, 2.45) is 5.73 Å². The third kappa shape index (κ3) is 7.77. The molecule has 0 saturated carbocycles. The van der Waals surface area contributed by atoms with Crippen molar-refractivity contribution in [1.82, 2.24) is 9.29 Å². The second kappa shape index (κ2) is 12.3. The molecule has 0 aliphatic rings. The van der Waals surface area contributed by atoms with Gasteiger partial charge in [0.15, 0.2) is 4.90 Å². The Hall–Kier alpha value is -3.39. The largest absolute Gasteiger partial charge is 0.588 e. The number of aryl methyl sites for hydroxylation is 1. The molecule has 0 bridgehead atoms. The Kier molecular flexibility index (Phi) is 9.76. The lowest BCUT2D eigenvalue weighted by Crippen LogP contribution is -2.51. The molecular formula is C29H31ClF4N4O4S. The van der Waals surface area contributed by atoms with E-state index in [4.69, 9.17) is 22.1 Å². The van der Waals surface area contributed by atoms with Crippen LogP contribution in [0.2, 0.25) is 5.02 Å². The molecule has 3 N–H and O–H groups in total. The van der Waals surface area contributed by atoms with Crippen LogP contribution >= 0.6 is 11.6 Å². The summed E-state index contributed by atoms with van der Waals surface area (Å²) in [7, 11) is 1.31. The first-order chi connectivity index (χ1) is 19.6. The quantitative estimate of drug-likeness (QED) is 0.167. The summed E-state index contributed by atoms with van der Waals surface area (Å²) < 4.78 is 76.5. The van der Waals surface area contributed by atoms with Gasteiger partial charge < -0.3 is 20.3 Å². The molecule has 0 unspecified atom stereocenters. The summed E-state index contributed by atoms with van der Waals surface area (Å²) >= 11 is 4.16. The highest BCUT2D eigenvalue weighted by Crippen LogP contribution is 2.49. The Morgan fingerprint density at radius 3 is 2.23 bits per heavy atom. The summed E-state index contributed by atoms with van der Waals surface area (Å²) in [4.78, 5) is 30.0. The van der Waals surface area contributed by atoms with E-state index in [0.717, 1.165) is 16.4 Å². The van der Waals surface area contributed by atoms with E-state index in [1.807, 2.05) is 0 Å². The molecule has 3 aromatic rings. The number of carbonyl (C=O) groups is 2. The zero-order valence-corrected chi connectivity index (χ0v) is 26.0. The molecular weight excluding hydrogens is 612 g/mol. The van der Waals surface area contributed by atoms with Crippen molar-refractivity contribution < 1.29 is 36.4 Å². The molecule has 43 heavy (non-hydrogen) atoms. The van der Waals surface area contributed by atoms with Crippen LogP contribution in [0.4, 0.5) is 23.2 Å². The molecule has 2 aromatic carbocycles. The number of rotatable bonds is 7. The third-order valence-corrected chi connectivity index (χ3v) is 7.72. The SMILES string of the molecule is Cc1nc(F)ccc1Oc1c(C(=O)Nc2cccc([S@@+]([O-])N(C)C(=O)C(C)(C)N)c2)cc(Cl)c(C(F)(F)F)c1C(C)(C)C. The van der Waals surface area contributed by atoms with E-state index < -0.39 is 68.2 Å². The lowest BCUT2D eigenvalue weighted by Gasteiger charge is -2.29. The second-order valence-corrected chi connectivity index (χ2v) is 13.2. The molecule has 0 radical (unpaired) electrons. The van der Waals surface area contributed by atoms with E-state index in [-0.39, 0.29) is 27.6 Å². The Labute approximate surface area is 254 Å². The number of ether oxygens (including phenoxy) is 1. The number of benzene rings is 2. The first-order valence-electron chi connectivity index (χ1n) is 12.8. The molecule has 232 valence electrons. The average molecular weight is 643 g/mol. The highest BCUT2D eigenvalue weighted by atomic mass is 35.5. The van der Waals surface area contributed by atoms with Crippen LogP contribution in [0.1, 0.15) is 61.8 Å². The minimum Gasteiger partial charge on any atom is -0.588 e. The summed E-state index contributed by atoms with van der Waals surface area (Å²) in [6, 6.07) is 8.73. The van der Waals surface area contributed by atoms with Gasteiger partial charge in [-0.15, -0.1) is 0 Å². The Morgan fingerprint density at radius 2 is 1.70 bits per heavy atom. The smallest absolute Gasteiger partial charge is 0.418 e. The van der Waals surface area contributed by atoms with Gasteiger partial charge in [0.25, 0.3) is 11.8 Å². The van der Waals surface area contributed by atoms with E-state index in [1.165, 1.54) is 78.9 Å². The maximum absolute atomic E-state index is 14.3. The first-order valence-corrected chi connectivity index (χ1v) is 14.3. The van der Waals surface area contributed by atoms with Gasteiger partial charge in [-0.25, -0.2) is 4.98 Å². The van der Waals surface area contributed by atoms with E-state index >= 15 is 0 Å². The van der Waals surface area contributed by atoms with Crippen molar-refractivity contribution in [2.45, 2.75) is 63.6 Å². The van der Waals surface area contributed by atoms with Crippen LogP contribution in [-0.4, -0.2) is 38.2 Å². The van der Waals surface area contributed by atoms with Gasteiger partial charge in [0.2, 0.25) is 5.95 Å². The predicted molar refractivity (Wildman–Crippen MR) is 156 cm³/mol. The summed E-state index contributed by atoms with van der Waals surface area (Å²) in [6.45, 7) is 8.81. The lowest BCUT2D eigenvalue weighted by atomic mass is 9.81. The lowest BCUT2D eigenvalue weighted by molar-refractivity contribution is -0.138. The fourth-order valence-electron chi connectivity index (χ4n) is 4.16. The van der Waals surface area contributed by atoms with Crippen molar-refractivity contribution in [3.63, 3.8) is 0 Å². The number of likely N-dealkylation sites (N-methyl/N-ethyl adjacent to an activating group) is 1. The minimum atomic E-state index is -4.91. The van der Waals surface area contributed by atoms with Gasteiger partial charge >= 0.3 is 6.18 Å². The fourth-order valence-corrected chi connectivity index (χ4v) is 5.59. The van der Waals surface area contributed by atoms with E-state index in [0.29, 0.717) is 0 Å². The number of pyridine rings is 1. The topological polar surface area (TPSA) is 121 Å². The van der Waals surface area contributed by atoms with Gasteiger partial charge in [0, 0.05) is 17.3 Å². The number of anilines is 1. The number of nitrogens with two attached hydrogens (primary N) is 1. The highest BCUT2D eigenvalue weighted by Gasteiger charge is 2.43. The average Bonchev–Trinajstić information content (AvgIpc) is 2.87. The third-order valence-electron chi connectivity index (χ3n) is 6.10. The number of carbonyl (C=O) groups excluding carboxylic acids is 2. The Morgan fingerprint density at radius 1 is 1.07 bits per heavy atom. The number of hydrogen-bond acceptors (Lipinski definition) is 6. The number of amides is 2. The van der Waals surface area contributed by atoms with Crippen LogP contribution in [0.3, 0.4) is 0 Å². The molecule has 3 rings (SSSR count). The molecule has 1 aromatic heterocycles. The van der Waals surface area contributed by atoms with Gasteiger partial charge in [-0.05, 0) is 56.5 Å². The monoisotopic (exact) mass is 642 g/mol. The van der Waals surface area contributed by atoms with Crippen molar-refractivity contribution in [2.75, 3.05) is 12.4 Å². The predicted octanol–water partition coefficient (Wildman–Crippen LogP) is 6.76. The van der Waals surface area contributed by atoms with Crippen molar-refractivity contribution >= 4 is 40.5 Å². The molecule has 1 atom stereocenters. The normalized spacial score (nSPS) is 13.0. The summed E-state index contributed by atoms with van der Waals surface area (Å²) in [5, 5.41) is 1.84. The number of aromatic nitrogens is 1. The van der Waals surface area contributed by atoms with Crippen molar-refractivity contribution in [3.05, 3.63) is 75.8 Å². The molecule has 0 spiro atoms. The summed E-state index contributed by atoms with van der Waals surface area (Å²) in [5.74, 6) is -2.86. The second-order valence-electron chi connectivity index (χ2n) is 11.3. The zero-order valence-electron chi connectivity index (χ0n) is 24.4. The fraction of sp³-hybridized carbons (Fsp3) is 0.345. The van der Waals surface area contributed by atoms with E-state index in [1.54, 1.807) is 0 Å². The van der Waals surface area contributed by atoms with Gasteiger partial charge in [0.1, 0.15) is 22.9 Å². The van der Waals surface area contributed by atoms with Crippen LogP contribution in [0, 0.1) is 12.9 Å². The van der Waals surface area contributed by atoms with Crippen LogP contribution in [0.5, 0.6) is 11.5 Å². The maximum Gasteiger partial charge on any atom is 0.418 e. The summed E-state index contributed by atoms with van der Waals surface area (Å²) in [5.41, 5.74) is 1.50. The minimum absolute atomic E-state index is 0.0317. The molecule has 1 heterocycles. The van der Waals surface area contributed by atoms with Gasteiger partial charge in [-0.2, -0.15) is 21.9 Å². The van der Waals surface area contributed by atoms with E-state index in [2.05, 4.69) is 10.3 Å². The molecule has 0 saturated heterocycles. The number of nitrogens with zero attached hydrogens (tertiary/aromatic N) is 2. The van der Waals surface area contributed by atoms with Gasteiger partial charge in [-0.1, -0.05) is 38.4 Å². The summed E-state index contributed by atoms with van der Waals surface area (Å²) in [6.07, 6.45) is -4.91. The van der Waals surface area contributed by atoms with Crippen LogP contribution in [0.25, 0.3) is 0 Å². The maximum atomic E-state index is 14.3. The number of hydrogen-bond donors (Lipinski definition) is 2. The molecule has 2 amide bonds. The Bertz CT molecular complexity index is 1560. The van der Waals surface area contributed by atoms with Gasteiger partial charge in [0.05, 0.1) is 34.4 Å². The zero-order chi connectivity index (χ0) is 32.7. The molecule has 0 aliphatic heterocycles. The molecule has 8 nitrogen and oxygen atoms in total.